The Morgan fingerprint density at radius 2 is 1.96 bits per heavy atom. The van der Waals surface area contributed by atoms with Crippen LogP contribution in [-0.2, 0) is 19.4 Å². The summed E-state index contributed by atoms with van der Waals surface area (Å²) in [7, 11) is 4.20. The molecule has 1 aliphatic carbocycles. The van der Waals surface area contributed by atoms with Crippen LogP contribution in [0.2, 0.25) is 5.02 Å². The van der Waals surface area contributed by atoms with Gasteiger partial charge in [0.15, 0.2) is 0 Å². The molecule has 23 heavy (non-hydrogen) atoms. The number of nitrogens with zero attached hydrogens (tertiary/aromatic N) is 3. The molecule has 0 amide bonds. The van der Waals surface area contributed by atoms with Gasteiger partial charge in [0.2, 0.25) is 0 Å². The SMILES string of the molecule is Cc1c(Cl)c2c(N)c3c(nc2n1CCCN(C)C)CCCCC3. The first-order chi connectivity index (χ1) is 11.0. The summed E-state index contributed by atoms with van der Waals surface area (Å²) in [4.78, 5) is 7.21. The average Bonchev–Trinajstić information content (AvgIpc) is 2.69. The molecule has 2 heterocycles. The fraction of sp³-hybridized carbons (Fsp3) is 0.611. The molecule has 0 saturated carbocycles. The molecule has 126 valence electrons. The number of halogens is 1. The Kier molecular flexibility index (Phi) is 4.83. The molecule has 2 aromatic rings. The van der Waals surface area contributed by atoms with Crippen molar-refractivity contribution in [2.45, 2.75) is 52.0 Å². The van der Waals surface area contributed by atoms with E-state index in [1.54, 1.807) is 0 Å². The van der Waals surface area contributed by atoms with Crippen LogP contribution in [0.15, 0.2) is 0 Å². The van der Waals surface area contributed by atoms with E-state index < -0.39 is 0 Å². The van der Waals surface area contributed by atoms with Crippen LogP contribution in [0.1, 0.15) is 42.6 Å². The number of pyridine rings is 1. The summed E-state index contributed by atoms with van der Waals surface area (Å²) < 4.78 is 2.25. The smallest absolute Gasteiger partial charge is 0.144 e. The second-order valence-corrected chi connectivity index (χ2v) is 7.30. The lowest BCUT2D eigenvalue weighted by molar-refractivity contribution is 0.387. The lowest BCUT2D eigenvalue weighted by Gasteiger charge is -2.13. The van der Waals surface area contributed by atoms with E-state index in [4.69, 9.17) is 22.3 Å². The molecule has 0 atom stereocenters. The number of hydrogen-bond acceptors (Lipinski definition) is 3. The Hall–Kier alpha value is -1.26. The zero-order chi connectivity index (χ0) is 16.6. The van der Waals surface area contributed by atoms with E-state index in [9.17, 15) is 0 Å². The van der Waals surface area contributed by atoms with Gasteiger partial charge in [0.05, 0.1) is 10.4 Å². The zero-order valence-corrected chi connectivity index (χ0v) is 15.2. The van der Waals surface area contributed by atoms with Crippen LogP contribution >= 0.6 is 11.6 Å². The van der Waals surface area contributed by atoms with Gasteiger partial charge in [-0.25, -0.2) is 4.98 Å². The predicted octanol–water partition coefficient (Wildman–Crippen LogP) is 3.80. The molecule has 5 heteroatoms. The van der Waals surface area contributed by atoms with E-state index in [-0.39, 0.29) is 0 Å². The first-order valence-electron chi connectivity index (χ1n) is 8.61. The van der Waals surface area contributed by atoms with E-state index in [1.165, 1.54) is 30.5 Å². The van der Waals surface area contributed by atoms with Gasteiger partial charge in [0.1, 0.15) is 5.65 Å². The average molecular weight is 335 g/mol. The fourth-order valence-electron chi connectivity index (χ4n) is 3.62. The topological polar surface area (TPSA) is 47.1 Å². The summed E-state index contributed by atoms with van der Waals surface area (Å²) in [6.45, 7) is 4.06. The van der Waals surface area contributed by atoms with Crippen LogP contribution in [0.25, 0.3) is 11.0 Å². The third-order valence-corrected chi connectivity index (χ3v) is 5.39. The molecule has 3 rings (SSSR count). The summed E-state index contributed by atoms with van der Waals surface area (Å²) in [5.74, 6) is 0. The summed E-state index contributed by atoms with van der Waals surface area (Å²) in [6, 6.07) is 0. The first kappa shape index (κ1) is 16.6. The van der Waals surface area contributed by atoms with Crippen molar-refractivity contribution in [1.82, 2.24) is 14.5 Å². The summed E-state index contributed by atoms with van der Waals surface area (Å²) in [6.07, 6.45) is 6.81. The van der Waals surface area contributed by atoms with Gasteiger partial charge in [-0.1, -0.05) is 18.0 Å². The fourth-order valence-corrected chi connectivity index (χ4v) is 3.91. The van der Waals surface area contributed by atoms with Crippen LogP contribution in [0, 0.1) is 6.92 Å². The largest absolute Gasteiger partial charge is 0.398 e. The highest BCUT2D eigenvalue weighted by atomic mass is 35.5. The Bertz CT molecular complexity index is 718. The number of anilines is 1. The van der Waals surface area contributed by atoms with Crippen LogP contribution in [0.4, 0.5) is 5.69 Å². The van der Waals surface area contributed by atoms with E-state index in [1.807, 2.05) is 0 Å². The molecule has 0 saturated heterocycles. The third-order valence-electron chi connectivity index (χ3n) is 4.93. The summed E-state index contributed by atoms with van der Waals surface area (Å²) in [5.41, 5.74) is 11.9. The number of aromatic nitrogens is 2. The minimum absolute atomic E-state index is 0.780. The zero-order valence-electron chi connectivity index (χ0n) is 14.5. The van der Waals surface area contributed by atoms with E-state index in [0.29, 0.717) is 0 Å². The second-order valence-electron chi connectivity index (χ2n) is 6.92. The quantitative estimate of drug-likeness (QED) is 0.865. The Morgan fingerprint density at radius 1 is 1.22 bits per heavy atom. The standard InChI is InChI=1S/C18H27ClN4/c1-12-16(19)15-17(20)13-8-5-4-6-9-14(13)21-18(15)23(12)11-7-10-22(2)3/h4-11H2,1-3H3,(H2,20,21). The second kappa shape index (κ2) is 6.70. The van der Waals surface area contributed by atoms with Crippen LogP contribution in [0.3, 0.4) is 0 Å². The molecule has 0 radical (unpaired) electrons. The van der Waals surface area contributed by atoms with Gasteiger partial charge in [-0.15, -0.1) is 0 Å². The van der Waals surface area contributed by atoms with Gasteiger partial charge in [0, 0.05) is 23.6 Å². The molecule has 1 aliphatic rings. The molecule has 4 nitrogen and oxygen atoms in total. The van der Waals surface area contributed by atoms with Crippen molar-refractivity contribution in [2.24, 2.45) is 0 Å². The number of hydrogen-bond donors (Lipinski definition) is 1. The third kappa shape index (κ3) is 3.07. The first-order valence-corrected chi connectivity index (χ1v) is 8.98. The molecular weight excluding hydrogens is 308 g/mol. The number of nitrogen functional groups attached to an aromatic ring is 1. The van der Waals surface area contributed by atoms with Crippen molar-refractivity contribution >= 4 is 28.3 Å². The minimum Gasteiger partial charge on any atom is -0.398 e. The lowest BCUT2D eigenvalue weighted by atomic mass is 10.0. The number of aryl methyl sites for hydroxylation is 2. The normalized spacial score (nSPS) is 15.2. The minimum atomic E-state index is 0.780. The van der Waals surface area contributed by atoms with Crippen molar-refractivity contribution in [1.29, 1.82) is 0 Å². The Labute approximate surface area is 143 Å². The van der Waals surface area contributed by atoms with Gasteiger partial charge in [0.25, 0.3) is 0 Å². The van der Waals surface area contributed by atoms with Crippen LogP contribution in [-0.4, -0.2) is 35.1 Å². The van der Waals surface area contributed by atoms with Crippen molar-refractivity contribution in [3.63, 3.8) is 0 Å². The summed E-state index contributed by atoms with van der Waals surface area (Å²) in [5, 5.41) is 1.75. The molecule has 0 aromatic carbocycles. The number of fused-ring (bicyclic) bond motifs is 2. The molecule has 0 bridgehead atoms. The molecule has 0 unspecified atom stereocenters. The van der Waals surface area contributed by atoms with Gasteiger partial charge in [-0.3, -0.25) is 0 Å². The maximum atomic E-state index is 6.63. The van der Waals surface area contributed by atoms with Crippen molar-refractivity contribution < 1.29 is 0 Å². The monoisotopic (exact) mass is 334 g/mol. The highest BCUT2D eigenvalue weighted by Gasteiger charge is 2.22. The Balaban J connectivity index is 2.09. The van der Waals surface area contributed by atoms with E-state index in [2.05, 4.69) is 30.5 Å². The van der Waals surface area contributed by atoms with E-state index >= 15 is 0 Å². The van der Waals surface area contributed by atoms with E-state index in [0.717, 1.165) is 59.8 Å². The number of nitrogens with two attached hydrogens (primary N) is 1. The van der Waals surface area contributed by atoms with Gasteiger partial charge in [-0.05, 0) is 65.2 Å². The van der Waals surface area contributed by atoms with Gasteiger partial charge in [-0.2, -0.15) is 0 Å². The summed E-state index contributed by atoms with van der Waals surface area (Å²) >= 11 is 6.63. The van der Waals surface area contributed by atoms with Gasteiger partial charge >= 0.3 is 0 Å². The lowest BCUT2D eigenvalue weighted by Crippen LogP contribution is -2.15. The molecule has 0 spiro atoms. The van der Waals surface area contributed by atoms with Crippen molar-refractivity contribution in [3.8, 4) is 0 Å². The molecule has 0 fully saturated rings. The Morgan fingerprint density at radius 3 is 2.70 bits per heavy atom. The maximum absolute atomic E-state index is 6.63. The molecule has 2 aromatic heterocycles. The van der Waals surface area contributed by atoms with Crippen LogP contribution in [0.5, 0.6) is 0 Å². The molecule has 2 N–H and O–H groups in total. The predicted molar refractivity (Wildman–Crippen MR) is 98.3 cm³/mol. The highest BCUT2D eigenvalue weighted by molar-refractivity contribution is 6.37. The maximum Gasteiger partial charge on any atom is 0.144 e. The molecule has 0 aliphatic heterocycles. The van der Waals surface area contributed by atoms with Crippen molar-refractivity contribution in [2.75, 3.05) is 26.4 Å². The van der Waals surface area contributed by atoms with Crippen LogP contribution < -0.4 is 5.73 Å². The molecular formula is C18H27ClN4. The van der Waals surface area contributed by atoms with Crippen molar-refractivity contribution in [3.05, 3.63) is 22.0 Å². The number of rotatable bonds is 4. The highest BCUT2D eigenvalue weighted by Crippen LogP contribution is 2.38. The van der Waals surface area contributed by atoms with Gasteiger partial charge < -0.3 is 15.2 Å².